The molecule has 14 nitrogen and oxygen atoms in total. The topological polar surface area (TPSA) is 161 Å². The van der Waals surface area contributed by atoms with Crippen LogP contribution in [0.3, 0.4) is 0 Å². The van der Waals surface area contributed by atoms with E-state index in [2.05, 4.69) is 56.0 Å². The predicted octanol–water partition coefficient (Wildman–Crippen LogP) is 7.81. The van der Waals surface area contributed by atoms with E-state index in [1.807, 2.05) is 45.3 Å². The first kappa shape index (κ1) is 39.6. The maximum absolute atomic E-state index is 12.4. The number of ether oxygens (including phenoxy) is 3. The van der Waals surface area contributed by atoms with Gasteiger partial charge in [0.2, 0.25) is 0 Å². The Morgan fingerprint density at radius 1 is 1.03 bits per heavy atom. The van der Waals surface area contributed by atoms with E-state index in [4.69, 9.17) is 35.8 Å². The second-order valence-electron chi connectivity index (χ2n) is 17.2. The van der Waals surface area contributed by atoms with Crippen LogP contribution in [0.25, 0.3) is 44.1 Å². The third-order valence-corrected chi connectivity index (χ3v) is 13.3. The van der Waals surface area contributed by atoms with Crippen LogP contribution in [-0.2, 0) is 16.1 Å². The normalized spacial score (nSPS) is 19.6. The van der Waals surface area contributed by atoms with E-state index < -0.39 is 6.04 Å². The maximum Gasteiger partial charge on any atom is 0.319 e. The molecule has 0 spiro atoms. The van der Waals surface area contributed by atoms with Crippen LogP contribution in [-0.4, -0.2) is 94.1 Å². The highest BCUT2D eigenvalue weighted by Crippen LogP contribution is 2.53. The molecular formula is C46H50ClN9O5. The Morgan fingerprint density at radius 3 is 2.57 bits per heavy atom. The standard InChI is InChI=1S/C46H50ClN9O5/c1-24(2)38(22-58)56-44(47)40(37(21-57)54-56)31-9-6-26(15-36(31)48-4)23-60-43-41(39-25(3)5-10-35-34(39)19-50-53-35)32(27-7-8-27)17-33-42(43)51-46(61-30-11-13-59-14-12-30)52-45(33)55-20-28-16-29(55)18-49-28/h5-6,9-10,15,17,19,21-22,24,27-30,38,48-49H,7-8,11-14,16,18,20,23H2,1-4H3,(H,50,53). The molecule has 316 valence electrons. The molecule has 3 unspecified atom stereocenters. The van der Waals surface area contributed by atoms with Crippen molar-refractivity contribution in [1.82, 2.24) is 35.3 Å². The molecule has 6 heterocycles. The lowest BCUT2D eigenvalue weighted by atomic mass is 9.89. The van der Waals surface area contributed by atoms with Crippen LogP contribution in [0, 0.1) is 12.8 Å². The molecule has 0 amide bonds. The fourth-order valence-electron chi connectivity index (χ4n) is 9.55. The highest BCUT2D eigenvalue weighted by atomic mass is 35.5. The number of anilines is 2. The summed E-state index contributed by atoms with van der Waals surface area (Å²) in [5.74, 6) is 1.84. The number of aromatic amines is 1. The van der Waals surface area contributed by atoms with Crippen LogP contribution in [0.1, 0.15) is 85.1 Å². The van der Waals surface area contributed by atoms with Gasteiger partial charge in [-0.2, -0.15) is 20.2 Å². The Morgan fingerprint density at radius 2 is 1.87 bits per heavy atom. The van der Waals surface area contributed by atoms with Crippen molar-refractivity contribution in [2.75, 3.05) is 43.6 Å². The SMILES string of the molecule is CNc1cc(COc2c(-c3c(C)ccc4[nH]ncc34)c(C3CC3)cc3c(N4CC5CC4CN5)nc(OC4CCOCC4)nc23)ccc1-c1c(C=O)nn(C(C=O)C(C)C)c1Cl. The first-order chi connectivity index (χ1) is 29.7. The zero-order valence-electron chi connectivity index (χ0n) is 34.8. The van der Waals surface area contributed by atoms with Gasteiger partial charge in [0, 0.05) is 72.6 Å². The van der Waals surface area contributed by atoms with Crippen LogP contribution >= 0.6 is 11.6 Å². The molecule has 1 aliphatic carbocycles. The van der Waals surface area contributed by atoms with Gasteiger partial charge < -0.3 is 34.5 Å². The molecule has 0 radical (unpaired) electrons. The van der Waals surface area contributed by atoms with E-state index in [9.17, 15) is 9.59 Å². The summed E-state index contributed by atoms with van der Waals surface area (Å²) < 4.78 is 21.0. The zero-order chi connectivity index (χ0) is 41.9. The number of hydrogen-bond acceptors (Lipinski definition) is 12. The second kappa shape index (κ2) is 16.0. The number of aryl methyl sites for hydroxylation is 1. The van der Waals surface area contributed by atoms with Crippen molar-refractivity contribution in [1.29, 1.82) is 0 Å². The number of hydrogen-bond donors (Lipinski definition) is 3. The molecule has 15 heteroatoms. The lowest BCUT2D eigenvalue weighted by Crippen LogP contribution is -2.44. The lowest BCUT2D eigenvalue weighted by molar-refractivity contribution is -0.111. The largest absolute Gasteiger partial charge is 0.486 e. The molecule has 3 aromatic heterocycles. The van der Waals surface area contributed by atoms with Crippen LogP contribution in [0.4, 0.5) is 11.5 Å². The number of nitrogens with zero attached hydrogens (tertiary/aromatic N) is 6. The van der Waals surface area contributed by atoms with Crippen LogP contribution in [0.2, 0.25) is 5.15 Å². The third-order valence-electron chi connectivity index (χ3n) is 12.9. The molecule has 4 fully saturated rings. The predicted molar refractivity (Wildman–Crippen MR) is 235 cm³/mol. The van der Waals surface area contributed by atoms with Gasteiger partial charge in [0.15, 0.2) is 12.0 Å². The van der Waals surface area contributed by atoms with E-state index in [-0.39, 0.29) is 29.5 Å². The van der Waals surface area contributed by atoms with Gasteiger partial charge in [-0.3, -0.25) is 9.89 Å². The summed E-state index contributed by atoms with van der Waals surface area (Å²) in [6.07, 6.45) is 8.11. The summed E-state index contributed by atoms with van der Waals surface area (Å²) in [5, 5.41) is 21.3. The quantitative estimate of drug-likeness (QED) is 0.0914. The summed E-state index contributed by atoms with van der Waals surface area (Å²) in [6.45, 7) is 9.22. The Balaban J connectivity index is 1.14. The minimum absolute atomic E-state index is 0.0549. The number of carbonyl (C=O) groups is 2. The fraction of sp³-hybridized carbons (Fsp3) is 0.435. The molecule has 10 rings (SSSR count). The van der Waals surface area contributed by atoms with Gasteiger partial charge in [-0.05, 0) is 78.5 Å². The second-order valence-corrected chi connectivity index (χ2v) is 17.6. The van der Waals surface area contributed by atoms with Gasteiger partial charge in [0.1, 0.15) is 47.2 Å². The minimum Gasteiger partial charge on any atom is -0.486 e. The smallest absolute Gasteiger partial charge is 0.319 e. The number of aldehydes is 2. The van der Waals surface area contributed by atoms with E-state index in [0.29, 0.717) is 65.9 Å². The first-order valence-corrected chi connectivity index (χ1v) is 21.8. The van der Waals surface area contributed by atoms with Gasteiger partial charge in [0.05, 0.1) is 30.5 Å². The van der Waals surface area contributed by atoms with Gasteiger partial charge in [0.25, 0.3) is 0 Å². The highest BCUT2D eigenvalue weighted by molar-refractivity contribution is 6.33. The molecule has 3 aromatic carbocycles. The molecule has 61 heavy (non-hydrogen) atoms. The average Bonchev–Trinajstić information content (AvgIpc) is 3.53. The van der Waals surface area contributed by atoms with Crippen molar-refractivity contribution < 1.29 is 23.8 Å². The molecule has 3 atom stereocenters. The van der Waals surface area contributed by atoms with Gasteiger partial charge >= 0.3 is 6.01 Å². The molecule has 3 N–H and O–H groups in total. The summed E-state index contributed by atoms with van der Waals surface area (Å²) in [6, 6.07) is 12.9. The van der Waals surface area contributed by atoms with Gasteiger partial charge in [-0.25, -0.2) is 4.68 Å². The maximum atomic E-state index is 12.4. The molecular weight excluding hydrogens is 794 g/mol. The van der Waals surface area contributed by atoms with E-state index >= 15 is 0 Å². The molecule has 2 bridgehead atoms. The third kappa shape index (κ3) is 7.07. The number of benzene rings is 3. The van der Waals surface area contributed by atoms with Crippen LogP contribution in [0.15, 0.2) is 42.6 Å². The Labute approximate surface area is 358 Å². The molecule has 3 aliphatic heterocycles. The van der Waals surface area contributed by atoms with Crippen LogP contribution < -0.4 is 25.0 Å². The number of carbonyl (C=O) groups excluding carboxylic acids is 2. The average molecular weight is 844 g/mol. The lowest BCUT2D eigenvalue weighted by Gasteiger charge is -2.31. The van der Waals surface area contributed by atoms with Crippen molar-refractivity contribution in [3.63, 3.8) is 0 Å². The summed E-state index contributed by atoms with van der Waals surface area (Å²) in [7, 11) is 1.82. The molecule has 3 saturated heterocycles. The number of aromatic nitrogens is 6. The zero-order valence-corrected chi connectivity index (χ0v) is 35.6. The number of H-pyrrole nitrogens is 1. The fourth-order valence-corrected chi connectivity index (χ4v) is 9.90. The molecule has 1 saturated carbocycles. The van der Waals surface area contributed by atoms with Crippen LogP contribution in [0.5, 0.6) is 11.8 Å². The number of fused-ring (bicyclic) bond motifs is 4. The van der Waals surface area contributed by atoms with Crippen molar-refractivity contribution in [2.24, 2.45) is 5.92 Å². The van der Waals surface area contributed by atoms with Crippen molar-refractivity contribution in [2.45, 2.75) is 89.6 Å². The Hall–Kier alpha value is -5.57. The van der Waals surface area contributed by atoms with Crippen molar-refractivity contribution in [3.05, 3.63) is 70.1 Å². The minimum atomic E-state index is -0.623. The van der Waals surface area contributed by atoms with Gasteiger partial charge in [-0.1, -0.05) is 43.6 Å². The number of nitrogens with one attached hydrogen (secondary N) is 3. The number of piperazine rings is 1. The molecule has 4 aliphatic rings. The monoisotopic (exact) mass is 843 g/mol. The highest BCUT2D eigenvalue weighted by Gasteiger charge is 2.41. The van der Waals surface area contributed by atoms with Gasteiger partial charge in [-0.15, -0.1) is 0 Å². The summed E-state index contributed by atoms with van der Waals surface area (Å²) in [4.78, 5) is 37.4. The summed E-state index contributed by atoms with van der Waals surface area (Å²) >= 11 is 6.94. The number of halogens is 1. The van der Waals surface area contributed by atoms with E-state index in [0.717, 1.165) is 102 Å². The summed E-state index contributed by atoms with van der Waals surface area (Å²) in [5.41, 5.74) is 8.96. The Kier molecular flexibility index (Phi) is 10.4. The Bertz CT molecular complexity index is 2670. The van der Waals surface area contributed by atoms with E-state index in [1.54, 1.807) is 0 Å². The number of rotatable bonds is 14. The van der Waals surface area contributed by atoms with Crippen molar-refractivity contribution in [3.8, 4) is 34.0 Å². The first-order valence-electron chi connectivity index (χ1n) is 21.4. The van der Waals surface area contributed by atoms with E-state index in [1.165, 1.54) is 10.2 Å². The van der Waals surface area contributed by atoms with Crippen molar-refractivity contribution >= 4 is 57.5 Å². The molecule has 6 aromatic rings.